The standard InChI is InChI=1S/C23H14BrClIN3O4/c24-20-10-15(8-16(12-27)23(30)28-18-6-4-17(25)5-7-18)11-21(26)22(20)33-13-14-2-1-3-19(9-14)29(31)32/h1-11H,13H2,(H,28,30)/b16-8-. The molecule has 0 aliphatic rings. The first-order chi connectivity index (χ1) is 15.8. The summed E-state index contributed by atoms with van der Waals surface area (Å²) in [5, 5.41) is 23.6. The molecule has 166 valence electrons. The van der Waals surface area contributed by atoms with Gasteiger partial charge in [-0.1, -0.05) is 23.7 Å². The molecule has 33 heavy (non-hydrogen) atoms. The minimum atomic E-state index is -0.544. The van der Waals surface area contributed by atoms with Crippen LogP contribution in [0.25, 0.3) is 6.08 Å². The van der Waals surface area contributed by atoms with Crippen molar-refractivity contribution in [3.05, 3.63) is 101 Å². The van der Waals surface area contributed by atoms with Gasteiger partial charge in [0, 0.05) is 22.8 Å². The number of rotatable bonds is 7. The Hall–Kier alpha value is -2.94. The minimum Gasteiger partial charge on any atom is -0.487 e. The summed E-state index contributed by atoms with van der Waals surface area (Å²) in [6.45, 7) is 0.137. The number of hydrogen-bond acceptors (Lipinski definition) is 5. The molecule has 1 N–H and O–H groups in total. The van der Waals surface area contributed by atoms with Crippen molar-refractivity contribution in [3.8, 4) is 11.8 Å². The van der Waals surface area contributed by atoms with Gasteiger partial charge in [0.05, 0.1) is 13.0 Å². The predicted octanol–water partition coefficient (Wildman–Crippen LogP) is 6.74. The fourth-order valence-electron chi connectivity index (χ4n) is 2.76. The lowest BCUT2D eigenvalue weighted by molar-refractivity contribution is -0.384. The van der Waals surface area contributed by atoms with Crippen molar-refractivity contribution >= 4 is 73.5 Å². The third kappa shape index (κ3) is 6.77. The number of ether oxygens (including phenoxy) is 1. The molecule has 0 aliphatic carbocycles. The highest BCUT2D eigenvalue weighted by Gasteiger charge is 2.13. The van der Waals surface area contributed by atoms with Crippen molar-refractivity contribution in [2.75, 3.05) is 5.32 Å². The first-order valence-electron chi connectivity index (χ1n) is 9.30. The lowest BCUT2D eigenvalue weighted by Gasteiger charge is -2.12. The Kier molecular flexibility index (Phi) is 8.43. The molecule has 0 bridgehead atoms. The van der Waals surface area contributed by atoms with E-state index in [1.165, 1.54) is 18.2 Å². The van der Waals surface area contributed by atoms with Gasteiger partial charge in [-0.2, -0.15) is 5.26 Å². The van der Waals surface area contributed by atoms with Crippen molar-refractivity contribution in [2.24, 2.45) is 0 Å². The fraction of sp³-hybridized carbons (Fsp3) is 0.0435. The number of halogens is 3. The van der Waals surface area contributed by atoms with Crippen molar-refractivity contribution in [2.45, 2.75) is 6.61 Å². The van der Waals surface area contributed by atoms with Crippen molar-refractivity contribution in [3.63, 3.8) is 0 Å². The van der Waals surface area contributed by atoms with E-state index in [4.69, 9.17) is 16.3 Å². The number of nitro benzene ring substituents is 1. The van der Waals surface area contributed by atoms with E-state index >= 15 is 0 Å². The van der Waals surface area contributed by atoms with E-state index in [0.29, 0.717) is 32.1 Å². The summed E-state index contributed by atoms with van der Waals surface area (Å²) in [7, 11) is 0. The lowest BCUT2D eigenvalue weighted by Crippen LogP contribution is -2.13. The number of anilines is 1. The van der Waals surface area contributed by atoms with Crippen LogP contribution in [0.5, 0.6) is 5.75 Å². The third-order valence-corrected chi connectivity index (χ3v) is 5.95. The molecule has 0 aromatic heterocycles. The van der Waals surface area contributed by atoms with Crippen LogP contribution in [0.3, 0.4) is 0 Å². The van der Waals surface area contributed by atoms with E-state index < -0.39 is 10.8 Å². The Labute approximate surface area is 216 Å². The number of nitrogens with one attached hydrogen (secondary N) is 1. The Morgan fingerprint density at radius 3 is 2.61 bits per heavy atom. The quantitative estimate of drug-likeness (QED) is 0.102. The molecular weight excluding hydrogens is 625 g/mol. The summed E-state index contributed by atoms with van der Waals surface area (Å²) >= 11 is 11.4. The Bertz CT molecular complexity index is 1270. The molecule has 0 saturated carbocycles. The average molecular weight is 639 g/mol. The number of amides is 1. The number of nitriles is 1. The highest BCUT2D eigenvalue weighted by molar-refractivity contribution is 14.1. The van der Waals surface area contributed by atoms with Gasteiger partial charge < -0.3 is 10.1 Å². The molecule has 10 heteroatoms. The van der Waals surface area contributed by atoms with Crippen LogP contribution < -0.4 is 10.1 Å². The second-order valence-electron chi connectivity index (χ2n) is 6.66. The van der Waals surface area contributed by atoms with Gasteiger partial charge in [0.25, 0.3) is 11.6 Å². The Morgan fingerprint density at radius 1 is 1.24 bits per heavy atom. The van der Waals surface area contributed by atoms with E-state index in [1.54, 1.807) is 48.5 Å². The highest BCUT2D eigenvalue weighted by Crippen LogP contribution is 2.33. The molecule has 0 saturated heterocycles. The Balaban J connectivity index is 1.76. The molecule has 0 atom stereocenters. The molecule has 3 aromatic carbocycles. The SMILES string of the molecule is N#C/C(=C/c1cc(Br)c(OCc2cccc([N+](=O)[O-])c2)c(I)c1)C(=O)Nc1ccc(Cl)cc1. The Morgan fingerprint density at radius 2 is 1.97 bits per heavy atom. The maximum Gasteiger partial charge on any atom is 0.269 e. The zero-order valence-electron chi connectivity index (χ0n) is 16.7. The van der Waals surface area contributed by atoms with E-state index in [1.807, 2.05) is 6.07 Å². The van der Waals surface area contributed by atoms with Gasteiger partial charge in [0.2, 0.25) is 0 Å². The summed E-state index contributed by atoms with van der Waals surface area (Å²) in [4.78, 5) is 23.0. The van der Waals surface area contributed by atoms with E-state index in [2.05, 4.69) is 43.8 Å². The number of hydrogen-bond donors (Lipinski definition) is 1. The molecule has 0 fully saturated rings. The maximum absolute atomic E-state index is 12.5. The highest BCUT2D eigenvalue weighted by atomic mass is 127. The minimum absolute atomic E-state index is 0.00809. The molecule has 3 aromatic rings. The van der Waals surface area contributed by atoms with E-state index in [-0.39, 0.29) is 17.9 Å². The molecule has 0 heterocycles. The number of carbonyl (C=O) groups excluding carboxylic acids is 1. The topological polar surface area (TPSA) is 105 Å². The predicted molar refractivity (Wildman–Crippen MR) is 138 cm³/mol. The van der Waals surface area contributed by atoms with Gasteiger partial charge in [-0.25, -0.2) is 0 Å². The molecular formula is C23H14BrClIN3O4. The molecule has 1 amide bonds. The number of non-ortho nitro benzene ring substituents is 1. The monoisotopic (exact) mass is 637 g/mol. The third-order valence-electron chi connectivity index (χ3n) is 4.30. The molecule has 3 rings (SSSR count). The van der Waals surface area contributed by atoms with Crippen LogP contribution >= 0.6 is 50.1 Å². The van der Waals surface area contributed by atoms with Crippen LogP contribution in [0.1, 0.15) is 11.1 Å². The molecule has 0 aliphatic heterocycles. The summed E-state index contributed by atoms with van der Waals surface area (Å²) < 4.78 is 7.20. The van der Waals surface area contributed by atoms with Gasteiger partial charge in [-0.15, -0.1) is 0 Å². The van der Waals surface area contributed by atoms with Crippen molar-refractivity contribution in [1.29, 1.82) is 5.26 Å². The molecule has 0 unspecified atom stereocenters. The number of carbonyl (C=O) groups is 1. The first-order valence-corrected chi connectivity index (χ1v) is 11.6. The second-order valence-corrected chi connectivity index (χ2v) is 9.11. The van der Waals surface area contributed by atoms with Crippen molar-refractivity contribution in [1.82, 2.24) is 0 Å². The van der Waals surface area contributed by atoms with Crippen LogP contribution in [0, 0.1) is 25.0 Å². The number of benzene rings is 3. The fourth-order valence-corrected chi connectivity index (χ4v) is 4.66. The smallest absolute Gasteiger partial charge is 0.269 e. The first kappa shape index (κ1) is 24.7. The number of nitrogens with zero attached hydrogens (tertiary/aromatic N) is 2. The van der Waals surface area contributed by atoms with Gasteiger partial charge in [0.1, 0.15) is 24.0 Å². The zero-order chi connectivity index (χ0) is 24.0. The molecule has 0 radical (unpaired) electrons. The van der Waals surface area contributed by atoms with E-state index in [0.717, 1.165) is 3.57 Å². The maximum atomic E-state index is 12.5. The van der Waals surface area contributed by atoms with Gasteiger partial charge in [0.15, 0.2) is 0 Å². The van der Waals surface area contributed by atoms with Gasteiger partial charge in [-0.05, 0) is 92.1 Å². The summed E-state index contributed by atoms with van der Waals surface area (Å²) in [6.07, 6.45) is 1.47. The molecule has 0 spiro atoms. The van der Waals surface area contributed by atoms with Crippen LogP contribution in [0.4, 0.5) is 11.4 Å². The van der Waals surface area contributed by atoms with Crippen LogP contribution in [0.15, 0.2) is 70.7 Å². The second kappa shape index (κ2) is 11.3. The number of nitro groups is 1. The summed E-state index contributed by atoms with van der Waals surface area (Å²) in [5.74, 6) is 0.000307. The van der Waals surface area contributed by atoms with Crippen LogP contribution in [-0.2, 0) is 11.4 Å². The van der Waals surface area contributed by atoms with Gasteiger partial charge >= 0.3 is 0 Å². The summed E-state index contributed by atoms with van der Waals surface area (Å²) in [6, 6.07) is 18.2. The lowest BCUT2D eigenvalue weighted by atomic mass is 10.1. The van der Waals surface area contributed by atoms with Crippen LogP contribution in [0.2, 0.25) is 5.02 Å². The van der Waals surface area contributed by atoms with Crippen LogP contribution in [-0.4, -0.2) is 10.8 Å². The van der Waals surface area contributed by atoms with Gasteiger partial charge in [-0.3, -0.25) is 14.9 Å². The average Bonchev–Trinajstić information content (AvgIpc) is 2.78. The zero-order valence-corrected chi connectivity index (χ0v) is 21.2. The van der Waals surface area contributed by atoms with Crippen molar-refractivity contribution < 1.29 is 14.5 Å². The van der Waals surface area contributed by atoms with E-state index in [9.17, 15) is 20.2 Å². The molecule has 7 nitrogen and oxygen atoms in total. The summed E-state index contributed by atoms with van der Waals surface area (Å²) in [5.41, 5.74) is 1.72. The largest absolute Gasteiger partial charge is 0.487 e. The normalized spacial score (nSPS) is 10.9.